The maximum Gasteiger partial charge on any atom is 0.0815 e. The molecular weight excluding hydrogens is 268 g/mol. The monoisotopic (exact) mass is 290 g/mol. The van der Waals surface area contributed by atoms with Crippen LogP contribution in [-0.2, 0) is 4.74 Å². The molecule has 3 nitrogen and oxygen atoms in total. The molecule has 2 heterocycles. The van der Waals surface area contributed by atoms with Crippen LogP contribution >= 0.6 is 11.3 Å². The van der Waals surface area contributed by atoms with Gasteiger partial charge in [-0.2, -0.15) is 0 Å². The van der Waals surface area contributed by atoms with E-state index < -0.39 is 0 Å². The number of nitrogens with zero attached hydrogens (tertiary/aromatic N) is 1. The second kappa shape index (κ2) is 6.20. The Hall–Kier alpha value is -0.970. The van der Waals surface area contributed by atoms with Crippen molar-refractivity contribution in [3.05, 3.63) is 29.3 Å². The van der Waals surface area contributed by atoms with E-state index in [2.05, 4.69) is 42.3 Å². The molecule has 0 bridgehead atoms. The standard InChI is InChI=1S/C16H22N2OS/c1-11(13-5-7-19-8-6-13)18-12(2)14-3-4-16-15(9-14)17-10-20-16/h3-4,9-13,18H,5-8H2,1-2H3. The van der Waals surface area contributed by atoms with Crippen molar-refractivity contribution >= 4 is 21.6 Å². The van der Waals surface area contributed by atoms with Gasteiger partial charge in [0, 0.05) is 25.3 Å². The van der Waals surface area contributed by atoms with E-state index in [4.69, 9.17) is 4.74 Å². The van der Waals surface area contributed by atoms with Gasteiger partial charge >= 0.3 is 0 Å². The first-order chi connectivity index (χ1) is 9.74. The molecule has 3 rings (SSSR count). The van der Waals surface area contributed by atoms with Crippen LogP contribution in [0.1, 0.15) is 38.3 Å². The Labute approximate surface area is 124 Å². The third kappa shape index (κ3) is 3.03. The van der Waals surface area contributed by atoms with Crippen LogP contribution < -0.4 is 5.32 Å². The van der Waals surface area contributed by atoms with Gasteiger partial charge in [0.25, 0.3) is 0 Å². The summed E-state index contributed by atoms with van der Waals surface area (Å²) in [7, 11) is 0. The Morgan fingerprint density at radius 1 is 1.30 bits per heavy atom. The smallest absolute Gasteiger partial charge is 0.0815 e. The van der Waals surface area contributed by atoms with Crippen molar-refractivity contribution in [2.24, 2.45) is 5.92 Å². The molecule has 0 aliphatic carbocycles. The number of hydrogen-bond acceptors (Lipinski definition) is 4. The Balaban J connectivity index is 1.66. The van der Waals surface area contributed by atoms with Gasteiger partial charge in [-0.25, -0.2) is 4.98 Å². The average molecular weight is 290 g/mol. The molecule has 1 saturated heterocycles. The minimum absolute atomic E-state index is 0.360. The van der Waals surface area contributed by atoms with Crippen LogP contribution in [-0.4, -0.2) is 24.2 Å². The predicted molar refractivity (Wildman–Crippen MR) is 84.2 cm³/mol. The number of thiazole rings is 1. The van der Waals surface area contributed by atoms with Gasteiger partial charge in [0.15, 0.2) is 0 Å². The Bertz CT molecular complexity index is 562. The summed E-state index contributed by atoms with van der Waals surface area (Å²) in [4.78, 5) is 4.40. The minimum Gasteiger partial charge on any atom is -0.381 e. The van der Waals surface area contributed by atoms with Crippen LogP contribution in [0.15, 0.2) is 23.7 Å². The van der Waals surface area contributed by atoms with E-state index in [9.17, 15) is 0 Å². The normalized spacial score (nSPS) is 20.1. The highest BCUT2D eigenvalue weighted by Gasteiger charge is 2.22. The highest BCUT2D eigenvalue weighted by Crippen LogP contribution is 2.25. The number of nitrogens with one attached hydrogen (secondary N) is 1. The summed E-state index contributed by atoms with van der Waals surface area (Å²) >= 11 is 1.70. The molecule has 1 fully saturated rings. The second-order valence-corrected chi connectivity index (χ2v) is 6.59. The first-order valence-corrected chi connectivity index (χ1v) is 8.29. The molecule has 1 aliphatic rings. The molecule has 1 aliphatic heterocycles. The lowest BCUT2D eigenvalue weighted by Gasteiger charge is -2.30. The topological polar surface area (TPSA) is 34.1 Å². The Kier molecular flexibility index (Phi) is 4.34. The number of fused-ring (bicyclic) bond motifs is 1. The molecule has 20 heavy (non-hydrogen) atoms. The molecule has 0 saturated carbocycles. The summed E-state index contributed by atoms with van der Waals surface area (Å²) in [5, 5.41) is 3.74. The molecule has 1 N–H and O–H groups in total. The molecule has 0 radical (unpaired) electrons. The van der Waals surface area contributed by atoms with Crippen LogP contribution in [0.25, 0.3) is 10.2 Å². The number of aromatic nitrogens is 1. The van der Waals surface area contributed by atoms with Crippen LogP contribution in [0.5, 0.6) is 0 Å². The lowest BCUT2D eigenvalue weighted by molar-refractivity contribution is 0.0547. The van der Waals surface area contributed by atoms with Gasteiger partial charge in [0.2, 0.25) is 0 Å². The van der Waals surface area contributed by atoms with Crippen LogP contribution in [0.2, 0.25) is 0 Å². The fourth-order valence-corrected chi connectivity index (χ4v) is 3.65. The van der Waals surface area contributed by atoms with E-state index in [1.54, 1.807) is 11.3 Å². The lowest BCUT2D eigenvalue weighted by Crippen LogP contribution is -2.38. The zero-order chi connectivity index (χ0) is 13.9. The largest absolute Gasteiger partial charge is 0.381 e. The molecule has 0 spiro atoms. The van der Waals surface area contributed by atoms with Crippen molar-refractivity contribution in [1.29, 1.82) is 0 Å². The molecule has 0 amide bonds. The maximum absolute atomic E-state index is 5.44. The van der Waals surface area contributed by atoms with E-state index in [1.165, 1.54) is 23.1 Å². The van der Waals surface area contributed by atoms with Crippen LogP contribution in [0.3, 0.4) is 0 Å². The number of hydrogen-bond donors (Lipinski definition) is 1. The third-order valence-corrected chi connectivity index (χ3v) is 5.15. The SMILES string of the molecule is CC(NC(C)C1CCOCC1)c1ccc2scnc2c1. The molecule has 1 aromatic carbocycles. The van der Waals surface area contributed by atoms with Gasteiger partial charge in [0.05, 0.1) is 15.7 Å². The fraction of sp³-hybridized carbons (Fsp3) is 0.562. The number of benzene rings is 1. The molecule has 2 atom stereocenters. The summed E-state index contributed by atoms with van der Waals surface area (Å²) in [6, 6.07) is 7.49. The predicted octanol–water partition coefficient (Wildman–Crippen LogP) is 3.76. The minimum atomic E-state index is 0.360. The molecule has 2 unspecified atom stereocenters. The van der Waals surface area contributed by atoms with Crippen molar-refractivity contribution in [2.75, 3.05) is 13.2 Å². The Morgan fingerprint density at radius 2 is 2.10 bits per heavy atom. The maximum atomic E-state index is 5.44. The molecule has 1 aromatic heterocycles. The molecule has 4 heteroatoms. The van der Waals surface area contributed by atoms with Gasteiger partial charge in [-0.05, 0) is 50.3 Å². The first-order valence-electron chi connectivity index (χ1n) is 7.41. The third-order valence-electron chi connectivity index (χ3n) is 4.34. The van der Waals surface area contributed by atoms with Gasteiger partial charge in [-0.1, -0.05) is 6.07 Å². The van der Waals surface area contributed by atoms with E-state index in [0.29, 0.717) is 12.1 Å². The summed E-state index contributed by atoms with van der Waals surface area (Å²) in [6.07, 6.45) is 2.35. The average Bonchev–Trinajstić information content (AvgIpc) is 2.95. The van der Waals surface area contributed by atoms with Crippen molar-refractivity contribution in [1.82, 2.24) is 10.3 Å². The van der Waals surface area contributed by atoms with Gasteiger partial charge in [0.1, 0.15) is 0 Å². The van der Waals surface area contributed by atoms with Crippen molar-refractivity contribution in [3.63, 3.8) is 0 Å². The summed E-state index contributed by atoms with van der Waals surface area (Å²) in [5.74, 6) is 0.731. The zero-order valence-electron chi connectivity index (χ0n) is 12.1. The summed E-state index contributed by atoms with van der Waals surface area (Å²) in [5.41, 5.74) is 4.35. The highest BCUT2D eigenvalue weighted by atomic mass is 32.1. The van der Waals surface area contributed by atoms with E-state index in [0.717, 1.165) is 24.6 Å². The van der Waals surface area contributed by atoms with Gasteiger partial charge in [-0.3, -0.25) is 0 Å². The summed E-state index contributed by atoms with van der Waals surface area (Å²) in [6.45, 7) is 6.36. The first kappa shape index (κ1) is 14.0. The van der Waals surface area contributed by atoms with Crippen LogP contribution in [0, 0.1) is 5.92 Å². The van der Waals surface area contributed by atoms with E-state index in [-0.39, 0.29) is 0 Å². The number of ether oxygens (including phenoxy) is 1. The molecule has 2 aromatic rings. The van der Waals surface area contributed by atoms with Gasteiger partial charge < -0.3 is 10.1 Å². The molecular formula is C16H22N2OS. The zero-order valence-corrected chi connectivity index (χ0v) is 13.0. The highest BCUT2D eigenvalue weighted by molar-refractivity contribution is 7.16. The quantitative estimate of drug-likeness (QED) is 0.931. The summed E-state index contributed by atoms with van der Waals surface area (Å²) < 4.78 is 6.71. The van der Waals surface area contributed by atoms with Crippen LogP contribution in [0.4, 0.5) is 0 Å². The lowest BCUT2D eigenvalue weighted by atomic mass is 9.92. The number of rotatable bonds is 4. The van der Waals surface area contributed by atoms with Gasteiger partial charge in [-0.15, -0.1) is 11.3 Å². The van der Waals surface area contributed by atoms with E-state index >= 15 is 0 Å². The second-order valence-electron chi connectivity index (χ2n) is 5.71. The van der Waals surface area contributed by atoms with Crippen molar-refractivity contribution in [2.45, 2.75) is 38.8 Å². The van der Waals surface area contributed by atoms with E-state index in [1.807, 2.05) is 5.51 Å². The van der Waals surface area contributed by atoms with Crippen molar-refractivity contribution < 1.29 is 4.74 Å². The molecule has 108 valence electrons. The Morgan fingerprint density at radius 3 is 2.90 bits per heavy atom. The fourth-order valence-electron chi connectivity index (χ4n) is 2.99. The van der Waals surface area contributed by atoms with Crippen molar-refractivity contribution in [3.8, 4) is 0 Å².